The van der Waals surface area contributed by atoms with Crippen LogP contribution in [0.25, 0.3) is 0 Å². The van der Waals surface area contributed by atoms with Crippen LogP contribution in [0, 0.1) is 0 Å². The number of hydrogen-bond acceptors (Lipinski definition) is 3. The Morgan fingerprint density at radius 2 is 2.31 bits per heavy atom. The van der Waals surface area contributed by atoms with Gasteiger partial charge in [0.15, 0.2) is 0 Å². The fourth-order valence-corrected chi connectivity index (χ4v) is 3.48. The van der Waals surface area contributed by atoms with Crippen molar-refractivity contribution < 1.29 is 4.74 Å². The van der Waals surface area contributed by atoms with E-state index in [0.717, 1.165) is 19.6 Å². The van der Waals surface area contributed by atoms with Crippen molar-refractivity contribution >= 4 is 11.8 Å². The van der Waals surface area contributed by atoms with Crippen molar-refractivity contribution in [2.45, 2.75) is 29.5 Å². The number of thioether (sulfide) groups is 1. The first-order valence-electron chi connectivity index (χ1n) is 5.84. The van der Waals surface area contributed by atoms with Gasteiger partial charge < -0.3 is 10.1 Å². The van der Waals surface area contributed by atoms with Crippen molar-refractivity contribution in [3.8, 4) is 0 Å². The van der Waals surface area contributed by atoms with E-state index in [9.17, 15) is 0 Å². The van der Waals surface area contributed by atoms with Crippen molar-refractivity contribution in [3.05, 3.63) is 29.8 Å². The third-order valence-electron chi connectivity index (χ3n) is 2.99. The van der Waals surface area contributed by atoms with E-state index in [4.69, 9.17) is 4.74 Å². The molecule has 2 rings (SSSR count). The van der Waals surface area contributed by atoms with Crippen LogP contribution in [0.15, 0.2) is 29.2 Å². The molecule has 2 atom stereocenters. The highest BCUT2D eigenvalue weighted by atomic mass is 32.2. The summed E-state index contributed by atoms with van der Waals surface area (Å²) in [6, 6.07) is 9.13. The molecule has 2 unspecified atom stereocenters. The molecule has 16 heavy (non-hydrogen) atoms. The van der Waals surface area contributed by atoms with Gasteiger partial charge in [-0.05, 0) is 32.0 Å². The Bertz CT molecular complexity index is 317. The quantitative estimate of drug-likeness (QED) is 0.849. The van der Waals surface area contributed by atoms with Crippen LogP contribution in [-0.4, -0.2) is 31.6 Å². The zero-order valence-corrected chi connectivity index (χ0v) is 10.7. The molecule has 0 fully saturated rings. The van der Waals surface area contributed by atoms with Gasteiger partial charge in [-0.25, -0.2) is 0 Å². The van der Waals surface area contributed by atoms with Crippen LogP contribution in [0.5, 0.6) is 0 Å². The SMILES string of the molecule is CCOCC(NC)C1Cc2ccccc2S1. The lowest BCUT2D eigenvalue weighted by molar-refractivity contribution is 0.124. The Labute approximate surface area is 102 Å². The lowest BCUT2D eigenvalue weighted by Crippen LogP contribution is -2.39. The molecule has 1 aromatic rings. The van der Waals surface area contributed by atoms with Crippen molar-refractivity contribution in [1.82, 2.24) is 5.32 Å². The van der Waals surface area contributed by atoms with E-state index in [2.05, 4.69) is 29.6 Å². The lowest BCUT2D eigenvalue weighted by Gasteiger charge is -2.21. The third-order valence-corrected chi connectivity index (χ3v) is 4.44. The molecule has 0 saturated carbocycles. The number of hydrogen-bond donors (Lipinski definition) is 1. The molecule has 1 aliphatic heterocycles. The molecule has 1 aliphatic rings. The summed E-state index contributed by atoms with van der Waals surface area (Å²) in [5, 5.41) is 3.97. The van der Waals surface area contributed by atoms with Crippen molar-refractivity contribution in [2.75, 3.05) is 20.3 Å². The average molecular weight is 237 g/mol. The monoisotopic (exact) mass is 237 g/mol. The maximum atomic E-state index is 5.52. The predicted molar refractivity (Wildman–Crippen MR) is 69.1 cm³/mol. The van der Waals surface area contributed by atoms with E-state index in [0.29, 0.717) is 11.3 Å². The fourth-order valence-electron chi connectivity index (χ4n) is 2.05. The highest BCUT2D eigenvalue weighted by Crippen LogP contribution is 2.38. The summed E-state index contributed by atoms with van der Waals surface area (Å²) in [6.45, 7) is 3.64. The van der Waals surface area contributed by atoms with Gasteiger partial charge in [0.2, 0.25) is 0 Å². The molecule has 0 aromatic heterocycles. The van der Waals surface area contributed by atoms with Gasteiger partial charge in [0.25, 0.3) is 0 Å². The second-order valence-corrected chi connectivity index (χ2v) is 5.30. The van der Waals surface area contributed by atoms with Crippen LogP contribution in [-0.2, 0) is 11.2 Å². The molecule has 0 radical (unpaired) electrons. The molecule has 0 amide bonds. The predicted octanol–water partition coefficient (Wildman–Crippen LogP) is 2.33. The summed E-state index contributed by atoms with van der Waals surface area (Å²) in [5.74, 6) is 0. The smallest absolute Gasteiger partial charge is 0.0630 e. The minimum Gasteiger partial charge on any atom is -0.380 e. The molecular weight excluding hydrogens is 218 g/mol. The summed E-state index contributed by atoms with van der Waals surface area (Å²) in [4.78, 5) is 1.43. The first-order chi connectivity index (χ1) is 7.85. The summed E-state index contributed by atoms with van der Waals surface area (Å²) < 4.78 is 5.52. The zero-order chi connectivity index (χ0) is 11.4. The number of rotatable bonds is 5. The molecule has 1 heterocycles. The molecule has 0 spiro atoms. The zero-order valence-electron chi connectivity index (χ0n) is 9.90. The summed E-state index contributed by atoms with van der Waals surface area (Å²) in [6.07, 6.45) is 1.15. The number of fused-ring (bicyclic) bond motifs is 1. The fraction of sp³-hybridized carbons (Fsp3) is 0.538. The van der Waals surface area contributed by atoms with Gasteiger partial charge in [-0.3, -0.25) is 0 Å². The summed E-state index contributed by atoms with van der Waals surface area (Å²) >= 11 is 1.98. The van der Waals surface area contributed by atoms with Gasteiger partial charge in [0.05, 0.1) is 6.61 Å². The minimum absolute atomic E-state index is 0.442. The van der Waals surface area contributed by atoms with Gasteiger partial charge in [-0.2, -0.15) is 0 Å². The number of likely N-dealkylation sites (N-methyl/N-ethyl adjacent to an activating group) is 1. The topological polar surface area (TPSA) is 21.3 Å². The van der Waals surface area contributed by atoms with E-state index in [1.54, 1.807) is 0 Å². The average Bonchev–Trinajstić information content (AvgIpc) is 2.73. The van der Waals surface area contributed by atoms with Gasteiger partial charge >= 0.3 is 0 Å². The highest BCUT2D eigenvalue weighted by molar-refractivity contribution is 8.00. The Balaban J connectivity index is 1.98. The Morgan fingerprint density at radius 1 is 1.50 bits per heavy atom. The third kappa shape index (κ3) is 2.59. The van der Waals surface area contributed by atoms with Gasteiger partial charge in [0, 0.05) is 22.8 Å². The van der Waals surface area contributed by atoms with Crippen LogP contribution in [0.4, 0.5) is 0 Å². The summed E-state index contributed by atoms with van der Waals surface area (Å²) in [7, 11) is 2.02. The highest BCUT2D eigenvalue weighted by Gasteiger charge is 2.28. The van der Waals surface area contributed by atoms with Gasteiger partial charge in [-0.1, -0.05) is 18.2 Å². The van der Waals surface area contributed by atoms with Crippen LogP contribution in [0.2, 0.25) is 0 Å². The molecule has 0 saturated heterocycles. The molecule has 0 bridgehead atoms. The number of nitrogens with one attached hydrogen (secondary N) is 1. The molecule has 1 aromatic carbocycles. The molecule has 2 nitrogen and oxygen atoms in total. The first kappa shape index (κ1) is 12.0. The van der Waals surface area contributed by atoms with Gasteiger partial charge in [0.1, 0.15) is 0 Å². The Morgan fingerprint density at radius 3 is 3.00 bits per heavy atom. The van der Waals surface area contributed by atoms with Crippen molar-refractivity contribution in [3.63, 3.8) is 0 Å². The van der Waals surface area contributed by atoms with E-state index in [1.165, 1.54) is 10.5 Å². The Kier molecular flexibility index (Phi) is 4.27. The largest absolute Gasteiger partial charge is 0.380 e. The first-order valence-corrected chi connectivity index (χ1v) is 6.72. The normalized spacial score (nSPS) is 20.8. The lowest BCUT2D eigenvalue weighted by atomic mass is 10.1. The van der Waals surface area contributed by atoms with E-state index in [-0.39, 0.29) is 0 Å². The standard InChI is InChI=1S/C13H19NOS/c1-3-15-9-11(14-2)13-8-10-6-4-5-7-12(10)16-13/h4-7,11,13-14H,3,8-9H2,1-2H3. The number of benzene rings is 1. The second kappa shape index (κ2) is 5.71. The van der Waals surface area contributed by atoms with E-state index >= 15 is 0 Å². The van der Waals surface area contributed by atoms with E-state index < -0.39 is 0 Å². The summed E-state index contributed by atoms with van der Waals surface area (Å²) in [5.41, 5.74) is 1.48. The number of ether oxygens (including phenoxy) is 1. The Hall–Kier alpha value is -0.510. The van der Waals surface area contributed by atoms with Crippen molar-refractivity contribution in [2.24, 2.45) is 0 Å². The van der Waals surface area contributed by atoms with Crippen LogP contribution >= 0.6 is 11.8 Å². The van der Waals surface area contributed by atoms with E-state index in [1.807, 2.05) is 25.7 Å². The molecular formula is C13H19NOS. The van der Waals surface area contributed by atoms with Crippen molar-refractivity contribution in [1.29, 1.82) is 0 Å². The maximum absolute atomic E-state index is 5.52. The molecule has 88 valence electrons. The maximum Gasteiger partial charge on any atom is 0.0630 e. The van der Waals surface area contributed by atoms with Crippen LogP contribution < -0.4 is 5.32 Å². The molecule has 3 heteroatoms. The second-order valence-electron chi connectivity index (χ2n) is 4.02. The van der Waals surface area contributed by atoms with Crippen LogP contribution in [0.3, 0.4) is 0 Å². The van der Waals surface area contributed by atoms with Crippen LogP contribution in [0.1, 0.15) is 12.5 Å². The molecule has 0 aliphatic carbocycles. The van der Waals surface area contributed by atoms with Gasteiger partial charge in [-0.15, -0.1) is 11.8 Å². The molecule has 1 N–H and O–H groups in total. The minimum atomic E-state index is 0.442.